The highest BCUT2D eigenvalue weighted by Crippen LogP contribution is 2.12. The van der Waals surface area contributed by atoms with Crippen molar-refractivity contribution in [3.8, 4) is 0 Å². The van der Waals surface area contributed by atoms with Gasteiger partial charge in [0.15, 0.2) is 12.4 Å². The first-order chi connectivity index (χ1) is 13.0. The van der Waals surface area contributed by atoms with Crippen molar-refractivity contribution < 1.29 is 23.9 Å². The molecule has 0 fully saturated rings. The van der Waals surface area contributed by atoms with Crippen LogP contribution in [0, 0.1) is 0 Å². The summed E-state index contributed by atoms with van der Waals surface area (Å²) in [6, 6.07) is 16.1. The van der Waals surface area contributed by atoms with Gasteiger partial charge in [-0.25, -0.2) is 4.79 Å². The lowest BCUT2D eigenvalue weighted by Crippen LogP contribution is -2.31. The molecule has 0 aliphatic rings. The van der Waals surface area contributed by atoms with Crippen LogP contribution in [0.1, 0.15) is 15.9 Å². The fraction of sp³-hybridized carbons (Fsp3) is 0.250. The van der Waals surface area contributed by atoms with Crippen LogP contribution in [-0.4, -0.2) is 45.1 Å². The van der Waals surface area contributed by atoms with E-state index in [9.17, 15) is 14.4 Å². The summed E-state index contributed by atoms with van der Waals surface area (Å²) in [6.45, 7) is -0.662. The number of ketones is 1. The van der Waals surface area contributed by atoms with E-state index in [2.05, 4.69) is 5.32 Å². The van der Waals surface area contributed by atoms with Gasteiger partial charge in [0, 0.05) is 25.3 Å². The molecule has 7 nitrogen and oxygen atoms in total. The van der Waals surface area contributed by atoms with Gasteiger partial charge < -0.3 is 19.7 Å². The maximum Gasteiger partial charge on any atom is 0.407 e. The first-order valence-corrected chi connectivity index (χ1v) is 8.36. The number of esters is 1. The Morgan fingerprint density at radius 2 is 1.59 bits per heavy atom. The Hall–Kier alpha value is -3.35. The molecule has 1 amide bonds. The zero-order valence-electron chi connectivity index (χ0n) is 15.3. The number of benzene rings is 2. The monoisotopic (exact) mass is 370 g/mol. The number of Topliss-reactive ketones (excluding diaryl/α,β-unsaturated/α-hetero) is 1. The molecule has 0 saturated heterocycles. The predicted octanol–water partition coefficient (Wildman–Crippen LogP) is 2.40. The molecule has 0 heterocycles. The number of hydrogen-bond donors (Lipinski definition) is 1. The molecule has 27 heavy (non-hydrogen) atoms. The Morgan fingerprint density at radius 3 is 2.22 bits per heavy atom. The van der Waals surface area contributed by atoms with Gasteiger partial charge in [-0.3, -0.25) is 9.59 Å². The van der Waals surface area contributed by atoms with Crippen LogP contribution in [0.3, 0.4) is 0 Å². The first-order valence-electron chi connectivity index (χ1n) is 8.36. The van der Waals surface area contributed by atoms with Gasteiger partial charge in [-0.15, -0.1) is 0 Å². The highest BCUT2D eigenvalue weighted by atomic mass is 16.6. The van der Waals surface area contributed by atoms with E-state index >= 15 is 0 Å². The average Bonchev–Trinajstić information content (AvgIpc) is 2.69. The van der Waals surface area contributed by atoms with Gasteiger partial charge in [0.05, 0.1) is 0 Å². The Labute approximate surface area is 157 Å². The molecule has 1 N–H and O–H groups in total. The fourth-order valence-corrected chi connectivity index (χ4v) is 2.14. The van der Waals surface area contributed by atoms with E-state index < -0.39 is 12.1 Å². The van der Waals surface area contributed by atoms with E-state index in [1.54, 1.807) is 24.3 Å². The minimum Gasteiger partial charge on any atom is -0.456 e. The van der Waals surface area contributed by atoms with Crippen LogP contribution < -0.4 is 10.2 Å². The van der Waals surface area contributed by atoms with Crippen molar-refractivity contribution in [2.45, 2.75) is 6.61 Å². The maximum atomic E-state index is 12.0. The minimum absolute atomic E-state index is 0.100. The molecular weight excluding hydrogens is 348 g/mol. The van der Waals surface area contributed by atoms with Gasteiger partial charge >= 0.3 is 12.1 Å². The van der Waals surface area contributed by atoms with Crippen LogP contribution >= 0.6 is 0 Å². The van der Waals surface area contributed by atoms with Crippen LogP contribution in [0.5, 0.6) is 0 Å². The topological polar surface area (TPSA) is 84.9 Å². The summed E-state index contributed by atoms with van der Waals surface area (Å²) < 4.78 is 9.86. The Balaban J connectivity index is 1.67. The number of hydrogen-bond acceptors (Lipinski definition) is 6. The molecule has 0 aromatic heterocycles. The van der Waals surface area contributed by atoms with Crippen molar-refractivity contribution in [2.24, 2.45) is 0 Å². The average molecular weight is 370 g/mol. The van der Waals surface area contributed by atoms with Crippen LogP contribution in [0.25, 0.3) is 0 Å². The Bertz CT molecular complexity index is 773. The third kappa shape index (κ3) is 6.81. The SMILES string of the molecule is CN(C)c1ccc(C(=O)COC(=O)CNC(=O)OCc2ccccc2)cc1. The van der Waals surface area contributed by atoms with E-state index in [1.807, 2.05) is 49.3 Å². The summed E-state index contributed by atoms with van der Waals surface area (Å²) in [4.78, 5) is 37.1. The summed E-state index contributed by atoms with van der Waals surface area (Å²) in [5, 5.41) is 2.28. The number of amides is 1. The van der Waals surface area contributed by atoms with Gasteiger partial charge in [-0.2, -0.15) is 0 Å². The number of alkyl carbamates (subject to hydrolysis) is 1. The lowest BCUT2D eigenvalue weighted by atomic mass is 10.1. The van der Waals surface area contributed by atoms with E-state index in [4.69, 9.17) is 9.47 Å². The summed E-state index contributed by atoms with van der Waals surface area (Å²) in [5.41, 5.74) is 2.24. The molecule has 0 aliphatic carbocycles. The summed E-state index contributed by atoms with van der Waals surface area (Å²) in [7, 11) is 3.80. The van der Waals surface area contributed by atoms with Crippen molar-refractivity contribution in [1.29, 1.82) is 0 Å². The van der Waals surface area contributed by atoms with E-state index in [-0.39, 0.29) is 25.5 Å². The third-order valence-electron chi connectivity index (χ3n) is 3.66. The number of anilines is 1. The lowest BCUT2D eigenvalue weighted by molar-refractivity contribution is -0.141. The van der Waals surface area contributed by atoms with Crippen LogP contribution in [0.4, 0.5) is 10.5 Å². The van der Waals surface area contributed by atoms with Gasteiger partial charge in [-0.05, 0) is 29.8 Å². The summed E-state index contributed by atoms with van der Waals surface area (Å²) >= 11 is 0. The van der Waals surface area contributed by atoms with Gasteiger partial charge in [0.25, 0.3) is 0 Å². The molecule has 2 aromatic carbocycles. The second-order valence-corrected chi connectivity index (χ2v) is 5.94. The smallest absolute Gasteiger partial charge is 0.407 e. The van der Waals surface area contributed by atoms with Gasteiger partial charge in [-0.1, -0.05) is 30.3 Å². The minimum atomic E-state index is -0.735. The van der Waals surface area contributed by atoms with Crippen molar-refractivity contribution in [1.82, 2.24) is 5.32 Å². The number of carbonyl (C=O) groups excluding carboxylic acids is 3. The molecule has 142 valence electrons. The summed E-state index contributed by atoms with van der Waals surface area (Å²) in [5.74, 6) is -1.04. The normalized spacial score (nSPS) is 10.0. The van der Waals surface area contributed by atoms with Crippen molar-refractivity contribution in [3.63, 3.8) is 0 Å². The Kier molecular flexibility index (Phi) is 7.37. The van der Waals surface area contributed by atoms with E-state index in [0.29, 0.717) is 5.56 Å². The standard InChI is InChI=1S/C20H22N2O5/c1-22(2)17-10-8-16(9-11-17)18(23)14-26-19(24)12-21-20(25)27-13-15-6-4-3-5-7-15/h3-11H,12-14H2,1-2H3,(H,21,25). The third-order valence-corrected chi connectivity index (χ3v) is 3.66. The quantitative estimate of drug-likeness (QED) is 0.567. The second kappa shape index (κ2) is 9.96. The van der Waals surface area contributed by atoms with E-state index in [0.717, 1.165) is 11.3 Å². The number of carbonyl (C=O) groups is 3. The molecule has 0 bridgehead atoms. The molecular formula is C20H22N2O5. The van der Waals surface area contributed by atoms with Crippen LogP contribution in [-0.2, 0) is 20.9 Å². The number of ether oxygens (including phenoxy) is 2. The van der Waals surface area contributed by atoms with Crippen molar-refractivity contribution >= 4 is 23.5 Å². The van der Waals surface area contributed by atoms with Gasteiger partial charge in [0.1, 0.15) is 13.2 Å². The predicted molar refractivity (Wildman–Crippen MR) is 101 cm³/mol. The molecule has 0 radical (unpaired) electrons. The van der Waals surface area contributed by atoms with Crippen molar-refractivity contribution in [3.05, 3.63) is 65.7 Å². The number of nitrogens with one attached hydrogen (secondary N) is 1. The highest BCUT2D eigenvalue weighted by molar-refractivity contribution is 5.98. The fourth-order valence-electron chi connectivity index (χ4n) is 2.14. The summed E-state index contributed by atoms with van der Waals surface area (Å²) in [6.07, 6.45) is -0.735. The zero-order chi connectivity index (χ0) is 19.6. The molecule has 0 unspecified atom stereocenters. The van der Waals surface area contributed by atoms with Gasteiger partial charge in [0.2, 0.25) is 0 Å². The van der Waals surface area contributed by atoms with E-state index in [1.165, 1.54) is 0 Å². The molecule has 0 saturated carbocycles. The van der Waals surface area contributed by atoms with Crippen molar-refractivity contribution in [2.75, 3.05) is 32.1 Å². The molecule has 0 atom stereocenters. The first kappa shape index (κ1) is 20.0. The molecule has 0 aliphatic heterocycles. The molecule has 7 heteroatoms. The van der Waals surface area contributed by atoms with Crippen LogP contribution in [0.15, 0.2) is 54.6 Å². The zero-order valence-corrected chi connectivity index (χ0v) is 15.3. The molecule has 2 aromatic rings. The number of rotatable bonds is 8. The molecule has 0 spiro atoms. The Morgan fingerprint density at radius 1 is 0.926 bits per heavy atom. The van der Waals surface area contributed by atoms with Crippen LogP contribution in [0.2, 0.25) is 0 Å². The largest absolute Gasteiger partial charge is 0.456 e. The molecule has 2 rings (SSSR count). The highest BCUT2D eigenvalue weighted by Gasteiger charge is 2.12. The number of nitrogens with zero attached hydrogens (tertiary/aromatic N) is 1. The maximum absolute atomic E-state index is 12.0. The lowest BCUT2D eigenvalue weighted by Gasteiger charge is -2.12. The second-order valence-electron chi connectivity index (χ2n) is 5.94.